The molecule has 1 aromatic rings. The molecule has 1 aromatic carbocycles. The normalized spacial score (nSPS) is 10.0. The molecule has 8 heteroatoms. The molecule has 0 atom stereocenters. The minimum atomic E-state index is -0.570. The van der Waals surface area contributed by atoms with Crippen molar-refractivity contribution in [3.8, 4) is 0 Å². The van der Waals surface area contributed by atoms with Gasteiger partial charge in [-0.15, -0.1) is 0 Å². The Hall–Kier alpha value is -2.45. The Kier molecular flexibility index (Phi) is 7.58. The number of nitrogens with one attached hydrogen (secondary N) is 2. The monoisotopic (exact) mass is 309 g/mol. The van der Waals surface area contributed by atoms with Crippen molar-refractivity contribution < 1.29 is 24.3 Å². The van der Waals surface area contributed by atoms with Crippen LogP contribution in [0, 0.1) is 0 Å². The third kappa shape index (κ3) is 6.82. The van der Waals surface area contributed by atoms with Gasteiger partial charge in [-0.25, -0.2) is 5.48 Å². The third-order valence-corrected chi connectivity index (χ3v) is 2.73. The predicted octanol–water partition coefficient (Wildman–Crippen LogP) is 0.416. The number of hydrogen-bond acceptors (Lipinski definition) is 5. The summed E-state index contributed by atoms with van der Waals surface area (Å²) in [5, 5.41) is 10.9. The van der Waals surface area contributed by atoms with Gasteiger partial charge in [0.15, 0.2) is 0 Å². The standard InChI is InChI=1S/C14H19N3O5/c15-14(20)10-4-3-5-11(8-10)16-13(19)9-22-7-2-1-6-12(18)17-21/h3-5,8,21H,1-2,6-7,9H2,(H2,15,20)(H,16,19)(H,17,18). The van der Waals surface area contributed by atoms with Crippen LogP contribution in [-0.2, 0) is 14.3 Å². The minimum absolute atomic E-state index is 0.132. The number of carbonyl (C=O) groups is 3. The fourth-order valence-electron chi connectivity index (χ4n) is 1.66. The summed E-state index contributed by atoms with van der Waals surface area (Å²) in [4.78, 5) is 33.4. The first-order chi connectivity index (χ1) is 10.5. The number of hydroxylamine groups is 1. The van der Waals surface area contributed by atoms with Gasteiger partial charge in [0, 0.05) is 24.3 Å². The number of amides is 3. The van der Waals surface area contributed by atoms with Crippen molar-refractivity contribution in [3.05, 3.63) is 29.8 Å². The Morgan fingerprint density at radius 1 is 1.18 bits per heavy atom. The van der Waals surface area contributed by atoms with E-state index < -0.39 is 11.8 Å². The van der Waals surface area contributed by atoms with E-state index in [9.17, 15) is 14.4 Å². The Morgan fingerprint density at radius 3 is 2.64 bits per heavy atom. The lowest BCUT2D eigenvalue weighted by Crippen LogP contribution is -2.20. The summed E-state index contributed by atoms with van der Waals surface area (Å²) in [7, 11) is 0. The van der Waals surface area contributed by atoms with Crippen LogP contribution in [0.4, 0.5) is 5.69 Å². The molecular weight excluding hydrogens is 290 g/mol. The van der Waals surface area contributed by atoms with Crippen molar-refractivity contribution in [2.75, 3.05) is 18.5 Å². The molecule has 0 spiro atoms. The van der Waals surface area contributed by atoms with Gasteiger partial charge in [0.25, 0.3) is 0 Å². The van der Waals surface area contributed by atoms with Crippen molar-refractivity contribution in [1.29, 1.82) is 0 Å². The minimum Gasteiger partial charge on any atom is -0.372 e. The molecule has 0 aliphatic heterocycles. The number of anilines is 1. The van der Waals surface area contributed by atoms with Gasteiger partial charge in [-0.1, -0.05) is 6.07 Å². The zero-order valence-electron chi connectivity index (χ0n) is 12.0. The van der Waals surface area contributed by atoms with E-state index in [0.717, 1.165) is 0 Å². The molecule has 0 heterocycles. The maximum Gasteiger partial charge on any atom is 0.250 e. The van der Waals surface area contributed by atoms with E-state index in [1.165, 1.54) is 11.5 Å². The first-order valence-corrected chi connectivity index (χ1v) is 6.73. The Labute approximate surface area is 127 Å². The highest BCUT2D eigenvalue weighted by Crippen LogP contribution is 2.10. The van der Waals surface area contributed by atoms with Crippen LogP contribution in [0.15, 0.2) is 24.3 Å². The van der Waals surface area contributed by atoms with Crippen molar-refractivity contribution in [1.82, 2.24) is 5.48 Å². The van der Waals surface area contributed by atoms with E-state index in [2.05, 4.69) is 5.32 Å². The molecule has 0 bridgehead atoms. The highest BCUT2D eigenvalue weighted by molar-refractivity contribution is 5.96. The van der Waals surface area contributed by atoms with E-state index in [0.29, 0.717) is 30.7 Å². The molecule has 0 radical (unpaired) electrons. The molecule has 0 fully saturated rings. The Bertz CT molecular complexity index is 533. The van der Waals surface area contributed by atoms with Gasteiger partial charge in [-0.05, 0) is 31.0 Å². The summed E-state index contributed by atoms with van der Waals surface area (Å²) in [5.41, 5.74) is 7.46. The lowest BCUT2D eigenvalue weighted by Gasteiger charge is -2.07. The lowest BCUT2D eigenvalue weighted by atomic mass is 10.2. The Balaban J connectivity index is 2.22. The highest BCUT2D eigenvalue weighted by Gasteiger charge is 2.05. The van der Waals surface area contributed by atoms with E-state index in [1.807, 2.05) is 0 Å². The number of unbranched alkanes of at least 4 members (excludes halogenated alkanes) is 1. The van der Waals surface area contributed by atoms with Gasteiger partial charge in [0.05, 0.1) is 0 Å². The van der Waals surface area contributed by atoms with E-state index in [4.69, 9.17) is 15.7 Å². The number of primary amides is 1. The molecule has 22 heavy (non-hydrogen) atoms. The second-order valence-electron chi connectivity index (χ2n) is 4.54. The molecule has 0 aliphatic carbocycles. The van der Waals surface area contributed by atoms with Gasteiger partial charge in [0.1, 0.15) is 6.61 Å². The predicted molar refractivity (Wildman–Crippen MR) is 78.2 cm³/mol. The van der Waals surface area contributed by atoms with E-state index in [-0.39, 0.29) is 18.9 Å². The average molecular weight is 309 g/mol. The number of benzene rings is 1. The van der Waals surface area contributed by atoms with E-state index >= 15 is 0 Å². The number of hydrogen-bond donors (Lipinski definition) is 4. The molecule has 0 aliphatic rings. The van der Waals surface area contributed by atoms with Crippen LogP contribution in [0.1, 0.15) is 29.6 Å². The van der Waals surface area contributed by atoms with Crippen molar-refractivity contribution in [2.24, 2.45) is 5.73 Å². The SMILES string of the molecule is NC(=O)c1cccc(NC(=O)COCCCCC(=O)NO)c1. The molecule has 5 N–H and O–H groups in total. The maximum absolute atomic E-state index is 11.6. The summed E-state index contributed by atoms with van der Waals surface area (Å²) in [6.45, 7) is 0.195. The molecule has 120 valence electrons. The first-order valence-electron chi connectivity index (χ1n) is 6.73. The molecule has 3 amide bonds. The summed E-state index contributed by atoms with van der Waals surface area (Å²) in [6, 6.07) is 6.28. The van der Waals surface area contributed by atoms with Gasteiger partial charge >= 0.3 is 0 Å². The summed E-state index contributed by atoms with van der Waals surface area (Å²) < 4.78 is 5.16. The fraction of sp³-hybridized carbons (Fsp3) is 0.357. The quantitative estimate of drug-likeness (QED) is 0.298. The highest BCUT2D eigenvalue weighted by atomic mass is 16.5. The maximum atomic E-state index is 11.6. The molecule has 0 saturated heterocycles. The van der Waals surface area contributed by atoms with Gasteiger partial charge < -0.3 is 15.8 Å². The van der Waals surface area contributed by atoms with Gasteiger partial charge in [-0.2, -0.15) is 0 Å². The summed E-state index contributed by atoms with van der Waals surface area (Å²) in [5.74, 6) is -1.37. The molecular formula is C14H19N3O5. The van der Waals surface area contributed by atoms with Crippen LogP contribution in [0.5, 0.6) is 0 Å². The first kappa shape index (κ1) is 17.6. The molecule has 8 nitrogen and oxygen atoms in total. The van der Waals surface area contributed by atoms with Crippen LogP contribution in [-0.4, -0.2) is 36.1 Å². The smallest absolute Gasteiger partial charge is 0.250 e. The summed E-state index contributed by atoms with van der Waals surface area (Å²) >= 11 is 0. The third-order valence-electron chi connectivity index (χ3n) is 2.73. The van der Waals surface area contributed by atoms with Gasteiger partial charge in [-0.3, -0.25) is 19.6 Å². The molecule has 0 unspecified atom stereocenters. The zero-order valence-corrected chi connectivity index (χ0v) is 12.0. The van der Waals surface area contributed by atoms with Crippen LogP contribution in [0.3, 0.4) is 0 Å². The van der Waals surface area contributed by atoms with Crippen molar-refractivity contribution >= 4 is 23.4 Å². The van der Waals surface area contributed by atoms with Crippen molar-refractivity contribution in [3.63, 3.8) is 0 Å². The average Bonchev–Trinajstić information content (AvgIpc) is 2.50. The largest absolute Gasteiger partial charge is 0.372 e. The van der Waals surface area contributed by atoms with Crippen LogP contribution >= 0.6 is 0 Å². The fourth-order valence-corrected chi connectivity index (χ4v) is 1.66. The van der Waals surface area contributed by atoms with E-state index in [1.54, 1.807) is 18.2 Å². The topological polar surface area (TPSA) is 131 Å². The number of carbonyl (C=O) groups excluding carboxylic acids is 3. The summed E-state index contributed by atoms with van der Waals surface area (Å²) in [6.07, 6.45) is 1.35. The Morgan fingerprint density at radius 2 is 1.95 bits per heavy atom. The van der Waals surface area contributed by atoms with Crippen LogP contribution < -0.4 is 16.5 Å². The molecule has 1 rings (SSSR count). The van der Waals surface area contributed by atoms with Gasteiger partial charge in [0.2, 0.25) is 17.7 Å². The second-order valence-corrected chi connectivity index (χ2v) is 4.54. The molecule has 0 saturated carbocycles. The number of rotatable bonds is 9. The molecule has 0 aromatic heterocycles. The van der Waals surface area contributed by atoms with Crippen molar-refractivity contribution in [2.45, 2.75) is 19.3 Å². The van der Waals surface area contributed by atoms with Crippen LogP contribution in [0.25, 0.3) is 0 Å². The lowest BCUT2D eigenvalue weighted by molar-refractivity contribution is -0.129. The van der Waals surface area contributed by atoms with Crippen LogP contribution in [0.2, 0.25) is 0 Å². The second kappa shape index (κ2) is 9.48. The number of nitrogens with two attached hydrogens (primary N) is 1. The zero-order chi connectivity index (χ0) is 16.4. The number of ether oxygens (including phenoxy) is 1.